The number of aliphatic hydroxyl groups excluding tert-OH is 3. The van der Waals surface area contributed by atoms with Crippen LogP contribution >= 0.6 is 0 Å². The number of rotatable bonds is 4. The van der Waals surface area contributed by atoms with Gasteiger partial charge in [0.15, 0.2) is 6.23 Å². The summed E-state index contributed by atoms with van der Waals surface area (Å²) in [6.45, 7) is 1.18. The van der Waals surface area contributed by atoms with Gasteiger partial charge in [0.05, 0.1) is 6.61 Å². The molecule has 0 saturated carbocycles. The maximum Gasteiger partial charge on any atom is 0.351 e. The van der Waals surface area contributed by atoms with Crippen LogP contribution in [0.5, 0.6) is 0 Å². The molecule has 116 valence electrons. The molecule has 1 aromatic rings. The summed E-state index contributed by atoms with van der Waals surface area (Å²) in [5, 5.41) is 31.0. The van der Waals surface area contributed by atoms with Crippen molar-refractivity contribution in [1.82, 2.24) is 9.55 Å². The highest BCUT2D eigenvalue weighted by Gasteiger charge is 2.43. The molecule has 1 fully saturated rings. The molecule has 0 radical (unpaired) electrons. The Morgan fingerprint density at radius 3 is 2.71 bits per heavy atom. The number of aromatic nitrogens is 2. The topological polar surface area (TPSA) is 134 Å². The molecule has 1 aliphatic rings. The minimum Gasteiger partial charge on any atom is -0.394 e. The quantitative estimate of drug-likeness (QED) is 0.515. The average molecular weight is 299 g/mol. The van der Waals surface area contributed by atoms with E-state index in [0.29, 0.717) is 0 Å². The van der Waals surface area contributed by atoms with E-state index >= 15 is 0 Å². The summed E-state index contributed by atoms with van der Waals surface area (Å²) in [7, 11) is 0. The molecule has 9 heteroatoms. The maximum atomic E-state index is 11.9. The van der Waals surface area contributed by atoms with Crippen LogP contribution in [-0.2, 0) is 9.53 Å². The van der Waals surface area contributed by atoms with E-state index in [-0.39, 0.29) is 18.1 Å². The van der Waals surface area contributed by atoms with Crippen molar-refractivity contribution in [2.45, 2.75) is 37.9 Å². The van der Waals surface area contributed by atoms with Crippen LogP contribution in [0.4, 0.5) is 5.82 Å². The second-order valence-corrected chi connectivity index (χ2v) is 4.63. The second kappa shape index (κ2) is 6.31. The molecule has 2 rings (SSSR count). The Kier molecular flexibility index (Phi) is 4.68. The number of hydrogen-bond acceptors (Lipinski definition) is 7. The summed E-state index contributed by atoms with van der Waals surface area (Å²) in [6, 6.07) is 1.38. The monoisotopic (exact) mass is 299 g/mol. The maximum absolute atomic E-state index is 11.9. The Morgan fingerprint density at radius 2 is 2.19 bits per heavy atom. The molecule has 2 heterocycles. The molecule has 0 aromatic carbocycles. The van der Waals surface area contributed by atoms with Crippen LogP contribution in [0.1, 0.15) is 19.6 Å². The van der Waals surface area contributed by atoms with E-state index in [9.17, 15) is 19.8 Å². The van der Waals surface area contributed by atoms with Crippen LogP contribution in [0, 0.1) is 0 Å². The number of hydrogen-bond donors (Lipinski definition) is 4. The SMILES string of the molecule is CCC(=O)Nc1ccn([C@@H]2O[C@H](CO)[C@@H](O)[C@H]2O)c(=O)n1. The zero-order valence-corrected chi connectivity index (χ0v) is 11.3. The van der Waals surface area contributed by atoms with Gasteiger partial charge in [0.1, 0.15) is 24.1 Å². The molecule has 1 amide bonds. The first-order valence-corrected chi connectivity index (χ1v) is 6.49. The van der Waals surface area contributed by atoms with E-state index in [4.69, 9.17) is 9.84 Å². The molecule has 4 N–H and O–H groups in total. The Bertz CT molecular complexity index is 574. The summed E-state index contributed by atoms with van der Waals surface area (Å²) >= 11 is 0. The predicted octanol–water partition coefficient (Wildman–Crippen LogP) is -1.80. The molecular weight excluding hydrogens is 282 g/mol. The highest BCUT2D eigenvalue weighted by atomic mass is 16.6. The molecule has 1 saturated heterocycles. The normalized spacial score (nSPS) is 28.6. The summed E-state index contributed by atoms with van der Waals surface area (Å²) in [5.74, 6) is -0.192. The first kappa shape index (κ1) is 15.6. The number of aliphatic hydroxyl groups is 3. The van der Waals surface area contributed by atoms with Gasteiger partial charge in [-0.3, -0.25) is 9.36 Å². The van der Waals surface area contributed by atoms with Crippen molar-refractivity contribution in [1.29, 1.82) is 0 Å². The van der Waals surface area contributed by atoms with Gasteiger partial charge in [-0.25, -0.2) is 4.79 Å². The molecule has 9 nitrogen and oxygen atoms in total. The van der Waals surface area contributed by atoms with Gasteiger partial charge in [0.25, 0.3) is 0 Å². The number of amides is 1. The third-order valence-corrected chi connectivity index (χ3v) is 3.21. The largest absolute Gasteiger partial charge is 0.394 e. The molecule has 4 atom stereocenters. The van der Waals surface area contributed by atoms with Crippen molar-refractivity contribution in [2.75, 3.05) is 11.9 Å². The van der Waals surface area contributed by atoms with Crippen molar-refractivity contribution in [3.8, 4) is 0 Å². The lowest BCUT2D eigenvalue weighted by Gasteiger charge is -2.17. The van der Waals surface area contributed by atoms with Crippen molar-refractivity contribution >= 4 is 11.7 Å². The zero-order chi connectivity index (χ0) is 15.6. The molecule has 0 unspecified atom stereocenters. The van der Waals surface area contributed by atoms with Gasteiger partial charge in [-0.2, -0.15) is 4.98 Å². The van der Waals surface area contributed by atoms with Gasteiger partial charge in [0, 0.05) is 12.6 Å². The molecule has 1 aromatic heterocycles. The van der Waals surface area contributed by atoms with Gasteiger partial charge in [-0.1, -0.05) is 6.92 Å². The lowest BCUT2D eigenvalue weighted by atomic mass is 10.1. The molecule has 0 aliphatic carbocycles. The lowest BCUT2D eigenvalue weighted by molar-refractivity contribution is -0.115. The molecular formula is C12H17N3O6. The Hall–Kier alpha value is -1.81. The van der Waals surface area contributed by atoms with E-state index in [1.807, 2.05) is 0 Å². The smallest absolute Gasteiger partial charge is 0.351 e. The van der Waals surface area contributed by atoms with Crippen LogP contribution in [0.2, 0.25) is 0 Å². The van der Waals surface area contributed by atoms with Crippen LogP contribution in [0.15, 0.2) is 17.1 Å². The number of nitrogens with one attached hydrogen (secondary N) is 1. The Morgan fingerprint density at radius 1 is 1.48 bits per heavy atom. The van der Waals surface area contributed by atoms with Gasteiger partial charge < -0.3 is 25.4 Å². The molecule has 21 heavy (non-hydrogen) atoms. The summed E-state index contributed by atoms with van der Waals surface area (Å²) in [4.78, 5) is 26.8. The average Bonchev–Trinajstić information content (AvgIpc) is 2.75. The van der Waals surface area contributed by atoms with Crippen molar-refractivity contribution in [2.24, 2.45) is 0 Å². The van der Waals surface area contributed by atoms with E-state index in [0.717, 1.165) is 4.57 Å². The minimum atomic E-state index is -1.36. The minimum absolute atomic E-state index is 0.0924. The number of nitrogens with zero attached hydrogens (tertiary/aromatic N) is 2. The highest BCUT2D eigenvalue weighted by Crippen LogP contribution is 2.28. The molecule has 1 aliphatic heterocycles. The first-order valence-electron chi connectivity index (χ1n) is 6.49. The number of carbonyl (C=O) groups excluding carboxylic acids is 1. The van der Waals surface area contributed by atoms with Gasteiger partial charge in [0.2, 0.25) is 5.91 Å². The van der Waals surface area contributed by atoms with Crippen molar-refractivity contribution < 1.29 is 24.9 Å². The van der Waals surface area contributed by atoms with Gasteiger partial charge in [-0.05, 0) is 6.07 Å². The highest BCUT2D eigenvalue weighted by molar-refractivity contribution is 5.89. The van der Waals surface area contributed by atoms with Gasteiger partial charge >= 0.3 is 5.69 Å². The van der Waals surface area contributed by atoms with E-state index in [1.165, 1.54) is 12.3 Å². The summed E-state index contributed by atoms with van der Waals surface area (Å²) in [6.07, 6.45) is -3.24. The van der Waals surface area contributed by atoms with Crippen molar-refractivity contribution in [3.05, 3.63) is 22.7 Å². The summed E-state index contributed by atoms with van der Waals surface area (Å²) in [5.41, 5.74) is -0.751. The van der Waals surface area contributed by atoms with Crippen LogP contribution in [0.25, 0.3) is 0 Å². The van der Waals surface area contributed by atoms with Crippen LogP contribution < -0.4 is 11.0 Å². The fourth-order valence-corrected chi connectivity index (χ4v) is 2.02. The first-order chi connectivity index (χ1) is 9.97. The number of anilines is 1. The van der Waals surface area contributed by atoms with E-state index in [1.54, 1.807) is 6.92 Å². The third-order valence-electron chi connectivity index (χ3n) is 3.21. The lowest BCUT2D eigenvalue weighted by Crippen LogP contribution is -2.36. The van der Waals surface area contributed by atoms with E-state index < -0.39 is 36.8 Å². The Labute approximate surface area is 119 Å². The van der Waals surface area contributed by atoms with E-state index in [2.05, 4.69) is 10.3 Å². The van der Waals surface area contributed by atoms with Crippen LogP contribution in [0.3, 0.4) is 0 Å². The van der Waals surface area contributed by atoms with Gasteiger partial charge in [-0.15, -0.1) is 0 Å². The Balaban J connectivity index is 2.22. The standard InChI is InChI=1S/C12H17N3O6/c1-2-8(17)13-7-3-4-15(12(20)14-7)11-10(19)9(18)6(5-16)21-11/h3-4,6,9-11,16,18-19H,2,5H2,1H3,(H,13,14,17,20)/t6-,9-,10-,11-/m1/s1. The molecule has 0 spiro atoms. The van der Waals surface area contributed by atoms with Crippen LogP contribution in [-0.4, -0.2) is 55.7 Å². The number of ether oxygens (including phenoxy) is 1. The predicted molar refractivity (Wildman–Crippen MR) is 70.4 cm³/mol. The summed E-state index contributed by atoms with van der Waals surface area (Å²) < 4.78 is 6.22. The third kappa shape index (κ3) is 3.10. The number of carbonyl (C=O) groups is 1. The zero-order valence-electron chi connectivity index (χ0n) is 11.3. The van der Waals surface area contributed by atoms with Crippen molar-refractivity contribution in [3.63, 3.8) is 0 Å². The fourth-order valence-electron chi connectivity index (χ4n) is 2.02. The fraction of sp³-hybridized carbons (Fsp3) is 0.583. The molecule has 0 bridgehead atoms. The second-order valence-electron chi connectivity index (χ2n) is 4.63.